The van der Waals surface area contributed by atoms with Crippen LogP contribution in [0.25, 0.3) is 0 Å². The van der Waals surface area contributed by atoms with Gasteiger partial charge in [0, 0.05) is 12.1 Å². The van der Waals surface area contributed by atoms with Crippen LogP contribution in [0.2, 0.25) is 0 Å². The van der Waals surface area contributed by atoms with Gasteiger partial charge in [-0.15, -0.1) is 0 Å². The van der Waals surface area contributed by atoms with Crippen LogP contribution < -0.4 is 14.8 Å². The second kappa shape index (κ2) is 7.45. The van der Waals surface area contributed by atoms with Crippen molar-refractivity contribution in [3.8, 4) is 11.5 Å². The standard InChI is InChI=1S/C17H18N2O5/c1-11-6-12(2)8-14(7-11)24-10-17(20)18-15-9-13(19(21)22)4-5-16(15)23-3/h4-9H,10H2,1-3H3,(H,18,20). The lowest BCUT2D eigenvalue weighted by Crippen LogP contribution is -2.20. The molecule has 0 heterocycles. The van der Waals surface area contributed by atoms with E-state index in [4.69, 9.17) is 9.47 Å². The number of carbonyl (C=O) groups excluding carboxylic acids is 1. The average Bonchev–Trinajstić information content (AvgIpc) is 2.52. The van der Waals surface area contributed by atoms with E-state index < -0.39 is 10.8 Å². The number of hydrogen-bond acceptors (Lipinski definition) is 5. The van der Waals surface area contributed by atoms with E-state index in [2.05, 4.69) is 5.32 Å². The Morgan fingerprint density at radius 1 is 1.17 bits per heavy atom. The molecule has 2 aromatic carbocycles. The number of nitro groups is 1. The summed E-state index contributed by atoms with van der Waals surface area (Å²) < 4.78 is 10.6. The number of nitrogens with one attached hydrogen (secondary N) is 1. The summed E-state index contributed by atoms with van der Waals surface area (Å²) in [6.07, 6.45) is 0. The number of amides is 1. The third-order valence-corrected chi connectivity index (χ3v) is 3.23. The third kappa shape index (κ3) is 4.45. The summed E-state index contributed by atoms with van der Waals surface area (Å²) in [7, 11) is 1.42. The van der Waals surface area contributed by atoms with Gasteiger partial charge in [0.05, 0.1) is 17.7 Å². The Morgan fingerprint density at radius 2 is 1.83 bits per heavy atom. The maximum absolute atomic E-state index is 12.0. The third-order valence-electron chi connectivity index (χ3n) is 3.23. The number of nitro benzene ring substituents is 1. The van der Waals surface area contributed by atoms with Gasteiger partial charge in [-0.3, -0.25) is 14.9 Å². The van der Waals surface area contributed by atoms with Crippen molar-refractivity contribution in [2.45, 2.75) is 13.8 Å². The molecule has 0 aliphatic rings. The van der Waals surface area contributed by atoms with Gasteiger partial charge in [0.15, 0.2) is 6.61 Å². The number of nitrogens with zero attached hydrogens (tertiary/aromatic N) is 1. The van der Waals surface area contributed by atoms with Crippen LogP contribution in [-0.4, -0.2) is 24.5 Å². The summed E-state index contributed by atoms with van der Waals surface area (Å²) in [6, 6.07) is 9.63. The fraction of sp³-hybridized carbons (Fsp3) is 0.235. The van der Waals surface area contributed by atoms with E-state index in [1.807, 2.05) is 32.0 Å². The highest BCUT2D eigenvalue weighted by atomic mass is 16.6. The Labute approximate surface area is 139 Å². The normalized spacial score (nSPS) is 10.1. The molecule has 0 unspecified atom stereocenters. The highest BCUT2D eigenvalue weighted by Gasteiger charge is 2.14. The molecule has 2 aromatic rings. The first-order valence-corrected chi connectivity index (χ1v) is 7.22. The molecule has 0 aliphatic carbocycles. The lowest BCUT2D eigenvalue weighted by molar-refractivity contribution is -0.384. The zero-order valence-electron chi connectivity index (χ0n) is 13.7. The molecule has 0 bridgehead atoms. The topological polar surface area (TPSA) is 90.7 Å². The summed E-state index contributed by atoms with van der Waals surface area (Å²) in [5.41, 5.74) is 2.15. The maximum Gasteiger partial charge on any atom is 0.271 e. The van der Waals surface area contributed by atoms with Crippen LogP contribution in [-0.2, 0) is 4.79 Å². The van der Waals surface area contributed by atoms with E-state index in [0.29, 0.717) is 11.5 Å². The molecule has 1 N–H and O–H groups in total. The molecule has 7 heteroatoms. The van der Waals surface area contributed by atoms with Gasteiger partial charge in [-0.1, -0.05) is 6.07 Å². The van der Waals surface area contributed by atoms with Crippen molar-refractivity contribution < 1.29 is 19.2 Å². The molecular weight excluding hydrogens is 312 g/mol. The Bertz CT molecular complexity index is 753. The number of non-ortho nitro benzene ring substituents is 1. The van der Waals surface area contributed by atoms with E-state index in [9.17, 15) is 14.9 Å². The molecule has 0 aliphatic heterocycles. The Hall–Kier alpha value is -3.09. The zero-order chi connectivity index (χ0) is 17.7. The molecular formula is C17H18N2O5. The van der Waals surface area contributed by atoms with Gasteiger partial charge in [-0.25, -0.2) is 0 Å². The van der Waals surface area contributed by atoms with Gasteiger partial charge in [0.2, 0.25) is 0 Å². The number of rotatable bonds is 6. The highest BCUT2D eigenvalue weighted by molar-refractivity contribution is 5.93. The second-order valence-corrected chi connectivity index (χ2v) is 5.30. The minimum atomic E-state index is -0.541. The van der Waals surface area contributed by atoms with Crippen molar-refractivity contribution >= 4 is 17.3 Å². The van der Waals surface area contributed by atoms with Gasteiger partial charge in [-0.2, -0.15) is 0 Å². The first-order chi connectivity index (χ1) is 11.4. The van der Waals surface area contributed by atoms with E-state index in [-0.39, 0.29) is 18.0 Å². The average molecular weight is 330 g/mol. The smallest absolute Gasteiger partial charge is 0.271 e. The fourth-order valence-corrected chi connectivity index (χ4v) is 2.26. The Kier molecular flexibility index (Phi) is 5.36. The number of aryl methyl sites for hydroxylation is 2. The monoisotopic (exact) mass is 330 g/mol. The first-order valence-electron chi connectivity index (χ1n) is 7.22. The van der Waals surface area contributed by atoms with Crippen LogP contribution in [0.1, 0.15) is 11.1 Å². The summed E-state index contributed by atoms with van der Waals surface area (Å²) >= 11 is 0. The molecule has 7 nitrogen and oxygen atoms in total. The molecule has 0 atom stereocenters. The quantitative estimate of drug-likeness (QED) is 0.648. The molecule has 0 radical (unpaired) electrons. The van der Waals surface area contributed by atoms with E-state index in [0.717, 1.165) is 11.1 Å². The minimum absolute atomic E-state index is 0.138. The van der Waals surface area contributed by atoms with Gasteiger partial charge in [-0.05, 0) is 43.2 Å². The van der Waals surface area contributed by atoms with Crippen molar-refractivity contribution in [1.82, 2.24) is 0 Å². The van der Waals surface area contributed by atoms with Crippen molar-refractivity contribution in [3.05, 3.63) is 57.6 Å². The van der Waals surface area contributed by atoms with Crippen molar-refractivity contribution in [1.29, 1.82) is 0 Å². The molecule has 0 aromatic heterocycles. The van der Waals surface area contributed by atoms with Crippen LogP contribution in [0.15, 0.2) is 36.4 Å². The number of methoxy groups -OCH3 is 1. The summed E-state index contributed by atoms with van der Waals surface area (Å²) in [4.78, 5) is 22.3. The molecule has 1 amide bonds. The van der Waals surface area contributed by atoms with Crippen molar-refractivity contribution in [3.63, 3.8) is 0 Å². The number of ether oxygens (including phenoxy) is 2. The molecule has 126 valence electrons. The van der Waals surface area contributed by atoms with Gasteiger partial charge in [0.25, 0.3) is 11.6 Å². The largest absolute Gasteiger partial charge is 0.495 e. The summed E-state index contributed by atoms with van der Waals surface area (Å²) in [5, 5.41) is 13.4. The molecule has 24 heavy (non-hydrogen) atoms. The van der Waals surface area contributed by atoms with Crippen LogP contribution in [0.3, 0.4) is 0 Å². The van der Waals surface area contributed by atoms with Crippen LogP contribution >= 0.6 is 0 Å². The van der Waals surface area contributed by atoms with Crippen molar-refractivity contribution in [2.75, 3.05) is 19.0 Å². The molecule has 0 saturated carbocycles. The van der Waals surface area contributed by atoms with E-state index >= 15 is 0 Å². The van der Waals surface area contributed by atoms with E-state index in [1.165, 1.54) is 25.3 Å². The number of anilines is 1. The Balaban J connectivity index is 2.06. The molecule has 0 fully saturated rings. The molecule has 2 rings (SSSR count). The maximum atomic E-state index is 12.0. The molecule has 0 spiro atoms. The Morgan fingerprint density at radius 3 is 2.42 bits per heavy atom. The lowest BCUT2D eigenvalue weighted by atomic mass is 10.1. The van der Waals surface area contributed by atoms with E-state index in [1.54, 1.807) is 0 Å². The predicted octanol–water partition coefficient (Wildman–Crippen LogP) is 3.24. The van der Waals surface area contributed by atoms with Gasteiger partial charge in [0.1, 0.15) is 11.5 Å². The predicted molar refractivity (Wildman–Crippen MR) is 89.7 cm³/mol. The first kappa shape index (κ1) is 17.3. The number of hydrogen-bond donors (Lipinski definition) is 1. The van der Waals surface area contributed by atoms with Crippen LogP contribution in [0.4, 0.5) is 11.4 Å². The second-order valence-electron chi connectivity index (χ2n) is 5.30. The molecule has 0 saturated heterocycles. The highest BCUT2D eigenvalue weighted by Crippen LogP contribution is 2.28. The van der Waals surface area contributed by atoms with Gasteiger partial charge >= 0.3 is 0 Å². The fourth-order valence-electron chi connectivity index (χ4n) is 2.26. The lowest BCUT2D eigenvalue weighted by Gasteiger charge is -2.11. The minimum Gasteiger partial charge on any atom is -0.495 e. The zero-order valence-corrected chi connectivity index (χ0v) is 13.7. The van der Waals surface area contributed by atoms with Crippen molar-refractivity contribution in [2.24, 2.45) is 0 Å². The van der Waals surface area contributed by atoms with Crippen LogP contribution in [0.5, 0.6) is 11.5 Å². The number of benzene rings is 2. The van der Waals surface area contributed by atoms with Crippen LogP contribution in [0, 0.1) is 24.0 Å². The SMILES string of the molecule is COc1ccc([N+](=O)[O-])cc1NC(=O)COc1cc(C)cc(C)c1. The number of carbonyl (C=O) groups is 1. The summed E-state index contributed by atoms with van der Waals surface area (Å²) in [6.45, 7) is 3.66. The summed E-state index contributed by atoms with van der Waals surface area (Å²) in [5.74, 6) is 0.488. The van der Waals surface area contributed by atoms with Gasteiger partial charge < -0.3 is 14.8 Å².